The summed E-state index contributed by atoms with van der Waals surface area (Å²) in [6, 6.07) is 6.21. The van der Waals surface area contributed by atoms with Crippen molar-refractivity contribution in [1.29, 1.82) is 0 Å². The molecule has 3 aromatic rings. The number of amides is 1. The second-order valence-corrected chi connectivity index (χ2v) is 8.38. The predicted octanol–water partition coefficient (Wildman–Crippen LogP) is 3.33. The van der Waals surface area contributed by atoms with Crippen molar-refractivity contribution in [2.75, 3.05) is 6.54 Å². The normalized spacial score (nSPS) is 16.8. The number of nitrogens with zero attached hydrogens (tertiary/aromatic N) is 4. The van der Waals surface area contributed by atoms with Crippen molar-refractivity contribution in [1.82, 2.24) is 19.4 Å². The first-order valence-electron chi connectivity index (χ1n) is 9.42. The van der Waals surface area contributed by atoms with Gasteiger partial charge in [0, 0.05) is 17.6 Å². The number of rotatable bonds is 5. The highest BCUT2D eigenvalue weighted by Gasteiger charge is 2.34. The van der Waals surface area contributed by atoms with Gasteiger partial charge in [0.25, 0.3) is 12.0 Å². The highest BCUT2D eigenvalue weighted by Crippen LogP contribution is 2.32. The van der Waals surface area contributed by atoms with Gasteiger partial charge in [0.15, 0.2) is 0 Å². The Morgan fingerprint density at radius 3 is 2.86 bits per heavy atom. The number of thiazole rings is 1. The van der Waals surface area contributed by atoms with Crippen molar-refractivity contribution in [3.05, 3.63) is 56.5 Å². The van der Waals surface area contributed by atoms with Gasteiger partial charge in [-0.2, -0.15) is 0 Å². The van der Waals surface area contributed by atoms with E-state index in [0.717, 1.165) is 20.9 Å². The van der Waals surface area contributed by atoms with Gasteiger partial charge in [0.05, 0.1) is 34.9 Å². The molecule has 0 bridgehead atoms. The lowest BCUT2D eigenvalue weighted by Gasteiger charge is -2.26. The second-order valence-electron chi connectivity index (χ2n) is 7.06. The van der Waals surface area contributed by atoms with Gasteiger partial charge in [-0.25, -0.2) is 18.7 Å². The first-order valence-corrected chi connectivity index (χ1v) is 10.2. The van der Waals surface area contributed by atoms with E-state index in [1.807, 2.05) is 6.92 Å². The molecule has 1 aromatic carbocycles. The van der Waals surface area contributed by atoms with Crippen LogP contribution in [0.25, 0.3) is 10.9 Å². The van der Waals surface area contributed by atoms with Crippen LogP contribution in [0.3, 0.4) is 0 Å². The van der Waals surface area contributed by atoms with Crippen LogP contribution in [0.15, 0.2) is 35.3 Å². The van der Waals surface area contributed by atoms with Crippen molar-refractivity contribution in [2.24, 2.45) is 0 Å². The van der Waals surface area contributed by atoms with Crippen LogP contribution in [-0.2, 0) is 17.8 Å². The molecule has 1 atom stereocenters. The summed E-state index contributed by atoms with van der Waals surface area (Å²) >= 11 is 1.46. The number of fused-ring (bicyclic) bond motifs is 1. The highest BCUT2D eigenvalue weighted by atomic mass is 32.1. The Hall–Kier alpha value is -2.68. The second kappa shape index (κ2) is 7.98. The lowest BCUT2D eigenvalue weighted by Crippen LogP contribution is -2.37. The fourth-order valence-corrected chi connectivity index (χ4v) is 4.61. The maximum absolute atomic E-state index is 13.2. The SMILES string of the molecule is Cc1ncc(CC(=O)N2CCCC2c2nc3ccccc3c(=O)n2CC(F)F)s1. The van der Waals surface area contributed by atoms with Gasteiger partial charge in [0.1, 0.15) is 5.82 Å². The number of para-hydroxylation sites is 1. The molecule has 0 spiro atoms. The number of halogens is 2. The van der Waals surface area contributed by atoms with E-state index in [0.29, 0.717) is 23.9 Å². The van der Waals surface area contributed by atoms with Crippen LogP contribution < -0.4 is 5.56 Å². The summed E-state index contributed by atoms with van der Waals surface area (Å²) in [6.07, 6.45) is 0.510. The first kappa shape index (κ1) is 19.6. The molecular formula is C20H20F2N4O2S. The summed E-state index contributed by atoms with van der Waals surface area (Å²) in [7, 11) is 0. The Bertz CT molecular complexity index is 1110. The number of hydrogen-bond donors (Lipinski definition) is 0. The monoisotopic (exact) mass is 418 g/mol. The molecule has 1 aliphatic rings. The van der Waals surface area contributed by atoms with Gasteiger partial charge in [-0.3, -0.25) is 14.2 Å². The molecule has 1 aliphatic heterocycles. The summed E-state index contributed by atoms with van der Waals surface area (Å²) in [5.41, 5.74) is -0.0429. The molecule has 152 valence electrons. The average Bonchev–Trinajstić information content (AvgIpc) is 3.32. The van der Waals surface area contributed by atoms with E-state index in [2.05, 4.69) is 9.97 Å². The molecule has 2 aromatic heterocycles. The van der Waals surface area contributed by atoms with Crippen molar-refractivity contribution in [2.45, 2.75) is 45.2 Å². The summed E-state index contributed by atoms with van der Waals surface area (Å²) in [5.74, 6) is 0.127. The van der Waals surface area contributed by atoms with Crippen molar-refractivity contribution in [3.8, 4) is 0 Å². The number of aromatic nitrogens is 3. The molecular weight excluding hydrogens is 398 g/mol. The fourth-order valence-electron chi connectivity index (χ4n) is 3.83. The van der Waals surface area contributed by atoms with Crippen LogP contribution in [0.2, 0.25) is 0 Å². The van der Waals surface area contributed by atoms with Gasteiger partial charge in [0.2, 0.25) is 5.91 Å². The third kappa shape index (κ3) is 3.91. The summed E-state index contributed by atoms with van der Waals surface area (Å²) in [4.78, 5) is 37.1. The van der Waals surface area contributed by atoms with Crippen molar-refractivity contribution in [3.63, 3.8) is 0 Å². The van der Waals surface area contributed by atoms with Crippen LogP contribution >= 0.6 is 11.3 Å². The zero-order valence-electron chi connectivity index (χ0n) is 15.8. The minimum Gasteiger partial charge on any atom is -0.332 e. The van der Waals surface area contributed by atoms with E-state index in [1.165, 1.54) is 11.3 Å². The number of alkyl halides is 2. The number of aryl methyl sites for hydroxylation is 1. The van der Waals surface area contributed by atoms with E-state index in [-0.39, 0.29) is 18.2 Å². The van der Waals surface area contributed by atoms with Gasteiger partial charge in [-0.05, 0) is 31.9 Å². The molecule has 29 heavy (non-hydrogen) atoms. The Balaban J connectivity index is 1.73. The number of carbonyl (C=O) groups is 1. The van der Waals surface area contributed by atoms with Gasteiger partial charge >= 0.3 is 0 Å². The maximum Gasteiger partial charge on any atom is 0.261 e. The average molecular weight is 418 g/mol. The number of benzene rings is 1. The fraction of sp³-hybridized carbons (Fsp3) is 0.400. The third-order valence-corrected chi connectivity index (χ3v) is 5.99. The first-order chi connectivity index (χ1) is 13.9. The highest BCUT2D eigenvalue weighted by molar-refractivity contribution is 7.11. The van der Waals surface area contributed by atoms with Crippen molar-refractivity contribution < 1.29 is 13.6 Å². The lowest BCUT2D eigenvalue weighted by molar-refractivity contribution is -0.131. The molecule has 1 amide bonds. The van der Waals surface area contributed by atoms with E-state index in [1.54, 1.807) is 35.4 Å². The Labute approximate surface area is 169 Å². The Kier molecular flexibility index (Phi) is 5.40. The van der Waals surface area contributed by atoms with Crippen LogP contribution in [0, 0.1) is 6.92 Å². The maximum atomic E-state index is 13.2. The Morgan fingerprint density at radius 1 is 1.34 bits per heavy atom. The van der Waals surface area contributed by atoms with Gasteiger partial charge in [-0.1, -0.05) is 12.1 Å². The van der Waals surface area contributed by atoms with E-state index < -0.39 is 24.6 Å². The molecule has 4 rings (SSSR count). The number of hydrogen-bond acceptors (Lipinski definition) is 5. The van der Waals surface area contributed by atoms with Crippen LogP contribution in [0.1, 0.15) is 34.6 Å². The van der Waals surface area contributed by atoms with E-state index >= 15 is 0 Å². The van der Waals surface area contributed by atoms with Crippen LogP contribution in [0.4, 0.5) is 8.78 Å². The van der Waals surface area contributed by atoms with E-state index in [4.69, 9.17) is 0 Å². The minimum atomic E-state index is -2.69. The van der Waals surface area contributed by atoms with Gasteiger partial charge < -0.3 is 4.90 Å². The molecule has 0 saturated carbocycles. The molecule has 0 aliphatic carbocycles. The molecule has 0 radical (unpaired) electrons. The molecule has 0 N–H and O–H groups in total. The number of likely N-dealkylation sites (tertiary alicyclic amines) is 1. The third-order valence-electron chi connectivity index (χ3n) is 5.08. The largest absolute Gasteiger partial charge is 0.332 e. The summed E-state index contributed by atoms with van der Waals surface area (Å²) < 4.78 is 27.5. The lowest BCUT2D eigenvalue weighted by atomic mass is 10.1. The van der Waals surface area contributed by atoms with Crippen molar-refractivity contribution >= 4 is 28.1 Å². The molecule has 1 fully saturated rings. The minimum absolute atomic E-state index is 0.109. The Morgan fingerprint density at radius 2 is 2.14 bits per heavy atom. The molecule has 1 unspecified atom stereocenters. The zero-order chi connectivity index (χ0) is 20.5. The predicted molar refractivity (Wildman–Crippen MR) is 106 cm³/mol. The van der Waals surface area contributed by atoms with Crippen LogP contribution in [-0.4, -0.2) is 38.3 Å². The molecule has 6 nitrogen and oxygen atoms in total. The standard InChI is InChI=1S/C20H20F2N4O2S/c1-12-23-10-13(29-12)9-18(27)25-8-4-7-16(25)19-24-15-6-3-2-5-14(15)20(28)26(19)11-17(21)22/h2-3,5-6,10,16-17H,4,7-9,11H2,1H3. The van der Waals surface area contributed by atoms with Gasteiger partial charge in [-0.15, -0.1) is 11.3 Å². The smallest absolute Gasteiger partial charge is 0.261 e. The molecule has 1 saturated heterocycles. The topological polar surface area (TPSA) is 68.1 Å². The van der Waals surface area contributed by atoms with Crippen LogP contribution in [0.5, 0.6) is 0 Å². The molecule has 9 heteroatoms. The molecule has 3 heterocycles. The number of carbonyl (C=O) groups excluding carboxylic acids is 1. The quantitative estimate of drug-likeness (QED) is 0.637. The van der Waals surface area contributed by atoms with E-state index in [9.17, 15) is 18.4 Å². The summed E-state index contributed by atoms with van der Waals surface area (Å²) in [6.45, 7) is 1.65. The summed E-state index contributed by atoms with van der Waals surface area (Å²) in [5, 5.41) is 1.18. The zero-order valence-corrected chi connectivity index (χ0v) is 16.7.